The molecule has 3 N–H and O–H groups in total. The zero-order chi connectivity index (χ0) is 14.7. The number of nitrogens with zero attached hydrogens (tertiary/aromatic N) is 2. The summed E-state index contributed by atoms with van der Waals surface area (Å²) in [6.07, 6.45) is 1.92. The van der Waals surface area contributed by atoms with Gasteiger partial charge in [-0.3, -0.25) is 5.32 Å². The molecule has 2 aromatic rings. The zero-order valence-corrected chi connectivity index (χ0v) is 12.2. The number of hydrogen-bond acceptors (Lipinski definition) is 5. The fourth-order valence-corrected chi connectivity index (χ4v) is 2.54. The molecule has 0 spiro atoms. The van der Waals surface area contributed by atoms with Gasteiger partial charge in [0.2, 0.25) is 5.13 Å². The Bertz CT molecular complexity index is 625. The lowest BCUT2D eigenvalue weighted by Crippen LogP contribution is -2.35. The first-order chi connectivity index (χ1) is 10.2. The average Bonchev–Trinajstić information content (AvgIpc) is 3.17. The molecule has 1 heterocycles. The highest BCUT2D eigenvalue weighted by atomic mass is 32.1. The Morgan fingerprint density at radius 2 is 2.10 bits per heavy atom. The van der Waals surface area contributed by atoms with Crippen LogP contribution in [0.25, 0.3) is 11.4 Å². The number of nitrogens with one attached hydrogen (secondary N) is 2. The van der Waals surface area contributed by atoms with E-state index in [0.717, 1.165) is 29.9 Å². The smallest absolute Gasteiger partial charge is 0.321 e. The van der Waals surface area contributed by atoms with Gasteiger partial charge in [-0.05, 0) is 12.8 Å². The molecule has 0 saturated heterocycles. The maximum absolute atomic E-state index is 11.8. The third-order valence-electron chi connectivity index (χ3n) is 3.59. The largest absolute Gasteiger partial charge is 0.396 e. The topological polar surface area (TPSA) is 87.1 Å². The van der Waals surface area contributed by atoms with E-state index in [-0.39, 0.29) is 18.1 Å². The second-order valence-electron chi connectivity index (χ2n) is 5.25. The Balaban J connectivity index is 1.56. The summed E-state index contributed by atoms with van der Waals surface area (Å²) in [5, 5.41) is 15.1. The summed E-state index contributed by atoms with van der Waals surface area (Å²) in [7, 11) is 0. The van der Waals surface area contributed by atoms with Crippen molar-refractivity contribution in [3.8, 4) is 11.4 Å². The minimum Gasteiger partial charge on any atom is -0.396 e. The van der Waals surface area contributed by atoms with Crippen LogP contribution < -0.4 is 10.6 Å². The maximum Gasteiger partial charge on any atom is 0.321 e. The van der Waals surface area contributed by atoms with Crippen LogP contribution >= 0.6 is 11.5 Å². The summed E-state index contributed by atoms with van der Waals surface area (Å²) in [6.45, 7) is 0.601. The monoisotopic (exact) mass is 304 g/mol. The number of urea groups is 1. The molecule has 7 heteroatoms. The number of benzene rings is 1. The summed E-state index contributed by atoms with van der Waals surface area (Å²) in [4.78, 5) is 16.1. The molecule has 1 aliphatic carbocycles. The van der Waals surface area contributed by atoms with E-state index < -0.39 is 0 Å². The Kier molecular flexibility index (Phi) is 3.85. The van der Waals surface area contributed by atoms with Crippen LogP contribution in [-0.2, 0) is 0 Å². The lowest BCUT2D eigenvalue weighted by atomic mass is 10.1. The van der Waals surface area contributed by atoms with Gasteiger partial charge in [0.1, 0.15) is 0 Å². The van der Waals surface area contributed by atoms with Crippen LogP contribution in [0.4, 0.5) is 9.93 Å². The van der Waals surface area contributed by atoms with Gasteiger partial charge in [-0.25, -0.2) is 4.79 Å². The van der Waals surface area contributed by atoms with Gasteiger partial charge >= 0.3 is 6.03 Å². The average molecular weight is 304 g/mol. The SMILES string of the molecule is O=C(NCC1(CO)CC1)Nc1nc(-c2ccccc2)ns1. The van der Waals surface area contributed by atoms with Crippen LogP contribution in [0.3, 0.4) is 0 Å². The van der Waals surface area contributed by atoms with Crippen molar-refractivity contribution < 1.29 is 9.90 Å². The quantitative estimate of drug-likeness (QED) is 0.789. The molecular weight excluding hydrogens is 288 g/mol. The number of anilines is 1. The summed E-state index contributed by atoms with van der Waals surface area (Å²) < 4.78 is 4.22. The fourth-order valence-electron chi connectivity index (χ4n) is 1.96. The molecule has 0 bridgehead atoms. The van der Waals surface area contributed by atoms with Crippen molar-refractivity contribution in [3.05, 3.63) is 30.3 Å². The van der Waals surface area contributed by atoms with Crippen LogP contribution in [0.2, 0.25) is 0 Å². The van der Waals surface area contributed by atoms with Crippen molar-refractivity contribution in [1.82, 2.24) is 14.7 Å². The molecular formula is C14H16N4O2S. The molecule has 1 saturated carbocycles. The third-order valence-corrected chi connectivity index (χ3v) is 4.23. The zero-order valence-electron chi connectivity index (χ0n) is 11.4. The van der Waals surface area contributed by atoms with E-state index in [2.05, 4.69) is 20.0 Å². The van der Waals surface area contributed by atoms with Crippen LogP contribution in [0, 0.1) is 5.41 Å². The summed E-state index contributed by atoms with van der Waals surface area (Å²) in [5.41, 5.74) is 0.813. The van der Waals surface area contributed by atoms with Crippen molar-refractivity contribution in [2.24, 2.45) is 5.41 Å². The number of rotatable bonds is 5. The lowest BCUT2D eigenvalue weighted by Gasteiger charge is -2.12. The second-order valence-corrected chi connectivity index (χ2v) is 6.01. The first-order valence-electron chi connectivity index (χ1n) is 6.76. The standard InChI is InChI=1S/C14H16N4O2S/c19-9-14(6-7-14)8-15-12(20)17-13-16-11(18-21-13)10-4-2-1-3-5-10/h1-5,19H,6-9H2,(H2,15,16,17,18,20). The molecule has 0 atom stereocenters. The van der Waals surface area contributed by atoms with Crippen molar-refractivity contribution in [2.45, 2.75) is 12.8 Å². The molecule has 1 aromatic heterocycles. The Morgan fingerprint density at radius 3 is 2.76 bits per heavy atom. The van der Waals surface area contributed by atoms with E-state index in [1.165, 1.54) is 0 Å². The summed E-state index contributed by atoms with van der Waals surface area (Å²) in [6, 6.07) is 9.29. The van der Waals surface area contributed by atoms with Crippen LogP contribution in [0.15, 0.2) is 30.3 Å². The first-order valence-corrected chi connectivity index (χ1v) is 7.53. The molecule has 1 aliphatic rings. The Morgan fingerprint density at radius 1 is 1.33 bits per heavy atom. The highest BCUT2D eigenvalue weighted by Gasteiger charge is 2.42. The fraction of sp³-hybridized carbons (Fsp3) is 0.357. The highest BCUT2D eigenvalue weighted by Crippen LogP contribution is 2.44. The molecule has 110 valence electrons. The molecule has 1 aromatic carbocycles. The molecule has 1 fully saturated rings. The Labute approximate surface area is 126 Å². The van der Waals surface area contributed by atoms with Crippen LogP contribution in [-0.4, -0.2) is 33.6 Å². The van der Waals surface area contributed by atoms with Crippen molar-refractivity contribution in [2.75, 3.05) is 18.5 Å². The van der Waals surface area contributed by atoms with E-state index in [1.54, 1.807) is 0 Å². The van der Waals surface area contributed by atoms with Crippen molar-refractivity contribution in [3.63, 3.8) is 0 Å². The number of hydrogen-bond donors (Lipinski definition) is 3. The molecule has 0 unspecified atom stereocenters. The first kappa shape index (κ1) is 14.0. The van der Waals surface area contributed by atoms with Gasteiger partial charge in [-0.1, -0.05) is 30.3 Å². The van der Waals surface area contributed by atoms with Gasteiger partial charge in [0.25, 0.3) is 0 Å². The molecule has 0 radical (unpaired) electrons. The molecule has 0 aliphatic heterocycles. The lowest BCUT2D eigenvalue weighted by molar-refractivity contribution is 0.206. The van der Waals surface area contributed by atoms with Gasteiger partial charge in [0.05, 0.1) is 6.61 Å². The minimum absolute atomic E-state index is 0.104. The van der Waals surface area contributed by atoms with E-state index in [1.807, 2.05) is 30.3 Å². The second kappa shape index (κ2) is 5.79. The third kappa shape index (κ3) is 3.37. The van der Waals surface area contributed by atoms with Crippen LogP contribution in [0.5, 0.6) is 0 Å². The summed E-state index contributed by atoms with van der Waals surface area (Å²) >= 11 is 1.15. The van der Waals surface area contributed by atoms with Crippen molar-refractivity contribution >= 4 is 22.7 Å². The molecule has 6 nitrogen and oxygen atoms in total. The molecule has 2 amide bonds. The molecule has 3 rings (SSSR count). The maximum atomic E-state index is 11.8. The van der Waals surface area contributed by atoms with E-state index in [0.29, 0.717) is 17.5 Å². The number of aromatic nitrogens is 2. The van der Waals surface area contributed by atoms with Crippen molar-refractivity contribution in [1.29, 1.82) is 0 Å². The predicted molar refractivity (Wildman–Crippen MR) is 81.1 cm³/mol. The highest BCUT2D eigenvalue weighted by molar-refractivity contribution is 7.10. The van der Waals surface area contributed by atoms with Gasteiger partial charge < -0.3 is 10.4 Å². The molecule has 21 heavy (non-hydrogen) atoms. The van der Waals surface area contributed by atoms with E-state index in [4.69, 9.17) is 0 Å². The predicted octanol–water partition coefficient (Wildman–Crippen LogP) is 2.10. The van der Waals surface area contributed by atoms with Gasteiger partial charge in [0, 0.05) is 29.1 Å². The van der Waals surface area contributed by atoms with E-state index in [9.17, 15) is 9.90 Å². The normalized spacial score (nSPS) is 15.5. The van der Waals surface area contributed by atoms with Gasteiger partial charge in [-0.2, -0.15) is 9.36 Å². The van der Waals surface area contributed by atoms with Crippen LogP contribution in [0.1, 0.15) is 12.8 Å². The number of carbonyl (C=O) groups is 1. The van der Waals surface area contributed by atoms with Gasteiger partial charge in [-0.15, -0.1) is 0 Å². The Hall–Kier alpha value is -1.99. The number of aliphatic hydroxyl groups excluding tert-OH is 1. The number of amides is 2. The van der Waals surface area contributed by atoms with E-state index >= 15 is 0 Å². The van der Waals surface area contributed by atoms with Gasteiger partial charge in [0.15, 0.2) is 5.82 Å². The number of aliphatic hydroxyl groups is 1. The number of carbonyl (C=O) groups excluding carboxylic acids is 1. The minimum atomic E-state index is -0.314. The summed E-state index contributed by atoms with van der Waals surface area (Å²) in [5.74, 6) is 0.602.